The Morgan fingerprint density at radius 3 is 2.43 bits per heavy atom. The van der Waals surface area contributed by atoms with Crippen molar-refractivity contribution in [3.63, 3.8) is 0 Å². The first-order chi connectivity index (χ1) is 17.9. The molecule has 0 aliphatic heterocycles. The van der Waals surface area contributed by atoms with Crippen LogP contribution >= 0.6 is 0 Å². The predicted molar refractivity (Wildman–Crippen MR) is 139 cm³/mol. The number of carboxylic acid groups (broad SMARTS) is 1. The highest BCUT2D eigenvalue weighted by molar-refractivity contribution is 5.94. The second-order valence-corrected chi connectivity index (χ2v) is 9.43. The van der Waals surface area contributed by atoms with Crippen LogP contribution in [0.3, 0.4) is 0 Å². The van der Waals surface area contributed by atoms with Gasteiger partial charge in [-0.2, -0.15) is 0 Å². The number of furan rings is 1. The average molecular weight is 509 g/mol. The van der Waals surface area contributed by atoms with E-state index in [-0.39, 0.29) is 30.7 Å². The minimum atomic E-state index is -0.955. The van der Waals surface area contributed by atoms with Gasteiger partial charge in [0.15, 0.2) is 0 Å². The van der Waals surface area contributed by atoms with E-state index in [1.54, 1.807) is 31.4 Å². The zero-order chi connectivity index (χ0) is 26.2. The number of anilines is 1. The molecular formula is C29H33FN2O5. The highest BCUT2D eigenvalue weighted by Gasteiger charge is 2.29. The van der Waals surface area contributed by atoms with Crippen molar-refractivity contribution >= 4 is 17.6 Å². The Kier molecular flexibility index (Phi) is 8.95. The molecule has 8 heteroatoms. The molecule has 0 spiro atoms. The Labute approximate surface area is 216 Å². The first kappa shape index (κ1) is 26.4. The minimum Gasteiger partial charge on any atom is -0.481 e. The number of methoxy groups -OCH3 is 1. The van der Waals surface area contributed by atoms with Crippen molar-refractivity contribution in [1.82, 2.24) is 5.32 Å². The molecule has 3 N–H and O–H groups in total. The van der Waals surface area contributed by atoms with Gasteiger partial charge in [0, 0.05) is 36.0 Å². The van der Waals surface area contributed by atoms with Crippen molar-refractivity contribution in [3.05, 3.63) is 77.3 Å². The van der Waals surface area contributed by atoms with Gasteiger partial charge in [-0.05, 0) is 73.4 Å². The number of rotatable bonds is 11. The number of ether oxygens (including phenoxy) is 1. The highest BCUT2D eigenvalue weighted by atomic mass is 19.1. The molecule has 196 valence electrons. The number of aliphatic carboxylic acids is 1. The van der Waals surface area contributed by atoms with Crippen LogP contribution in [0, 0.1) is 11.7 Å². The number of carbonyl (C=O) groups excluding carboxylic acids is 1. The number of amides is 1. The van der Waals surface area contributed by atoms with Gasteiger partial charge in [0.2, 0.25) is 0 Å². The van der Waals surface area contributed by atoms with Crippen molar-refractivity contribution in [2.45, 2.75) is 51.2 Å². The van der Waals surface area contributed by atoms with Gasteiger partial charge in [-0.25, -0.2) is 4.39 Å². The topological polar surface area (TPSA) is 101 Å². The Balaban J connectivity index is 1.59. The lowest BCUT2D eigenvalue weighted by Gasteiger charge is -2.32. The number of nitrogens with one attached hydrogen (secondary N) is 2. The molecule has 1 aromatic heterocycles. The maximum Gasteiger partial charge on any atom is 0.305 e. The summed E-state index contributed by atoms with van der Waals surface area (Å²) in [6, 6.07) is 15.4. The molecule has 0 radical (unpaired) electrons. The van der Waals surface area contributed by atoms with Gasteiger partial charge in [-0.1, -0.05) is 19.3 Å². The molecule has 2 aromatic carbocycles. The van der Waals surface area contributed by atoms with Gasteiger partial charge in [0.25, 0.3) is 5.91 Å². The molecule has 1 unspecified atom stereocenters. The third kappa shape index (κ3) is 6.98. The van der Waals surface area contributed by atoms with Crippen LogP contribution in [0.5, 0.6) is 0 Å². The van der Waals surface area contributed by atoms with Gasteiger partial charge >= 0.3 is 5.97 Å². The summed E-state index contributed by atoms with van der Waals surface area (Å²) in [7, 11) is 1.63. The number of hydrogen-bond acceptors (Lipinski definition) is 5. The van der Waals surface area contributed by atoms with Crippen LogP contribution < -0.4 is 10.6 Å². The first-order valence-electron chi connectivity index (χ1n) is 12.7. The lowest BCUT2D eigenvalue weighted by Crippen LogP contribution is -2.26. The van der Waals surface area contributed by atoms with E-state index in [1.807, 2.05) is 18.2 Å². The number of carboxylic acids is 1. The molecule has 0 saturated heterocycles. The molecule has 7 nitrogen and oxygen atoms in total. The van der Waals surface area contributed by atoms with Crippen molar-refractivity contribution in [2.75, 3.05) is 19.0 Å². The lowest BCUT2D eigenvalue weighted by atomic mass is 9.81. The Morgan fingerprint density at radius 2 is 1.78 bits per heavy atom. The van der Waals surface area contributed by atoms with Crippen LogP contribution in [-0.4, -0.2) is 30.6 Å². The molecule has 37 heavy (non-hydrogen) atoms. The number of hydrogen-bond donors (Lipinski definition) is 3. The van der Waals surface area contributed by atoms with Crippen molar-refractivity contribution in [3.8, 4) is 11.3 Å². The molecule has 0 bridgehead atoms. The maximum atomic E-state index is 13.5. The molecule has 1 heterocycles. The first-order valence-corrected chi connectivity index (χ1v) is 12.7. The van der Waals surface area contributed by atoms with Crippen molar-refractivity contribution < 1.29 is 28.2 Å². The summed E-state index contributed by atoms with van der Waals surface area (Å²) in [5.41, 5.74) is 3.15. The second kappa shape index (κ2) is 12.5. The Morgan fingerprint density at radius 1 is 1.08 bits per heavy atom. The molecule has 4 rings (SSSR count). The van der Waals surface area contributed by atoms with Crippen molar-refractivity contribution in [2.24, 2.45) is 5.92 Å². The summed E-state index contributed by atoms with van der Waals surface area (Å²) in [5.74, 6) is 0.230. The molecule has 1 aliphatic rings. The summed E-state index contributed by atoms with van der Waals surface area (Å²) in [5, 5.41) is 15.1. The summed E-state index contributed by atoms with van der Waals surface area (Å²) >= 11 is 0. The number of benzene rings is 2. The second-order valence-electron chi connectivity index (χ2n) is 9.43. The average Bonchev–Trinajstić information content (AvgIpc) is 3.32. The summed E-state index contributed by atoms with van der Waals surface area (Å²) in [4.78, 5) is 23.0. The molecular weight excluding hydrogens is 475 g/mol. The SMILES string of the molecule is COCc1oc(-c2ccc(F)cc2)cc1C(Nc1ccc(C(=O)NCCC(=O)O)cc1)C1CCCCC1. The van der Waals surface area contributed by atoms with Gasteiger partial charge in [-0.15, -0.1) is 0 Å². The Hall–Kier alpha value is -3.65. The molecule has 1 fully saturated rings. The van der Waals surface area contributed by atoms with Gasteiger partial charge in [-0.3, -0.25) is 9.59 Å². The lowest BCUT2D eigenvalue weighted by molar-refractivity contribution is -0.136. The molecule has 1 saturated carbocycles. The third-order valence-corrected chi connectivity index (χ3v) is 6.80. The number of carbonyl (C=O) groups is 2. The van der Waals surface area contributed by atoms with Crippen LogP contribution in [0.4, 0.5) is 10.1 Å². The standard InChI is InChI=1S/C29H33FN2O5/c1-36-18-26-24(17-25(37-26)19-7-11-22(30)12-8-19)28(20-5-3-2-4-6-20)32-23-13-9-21(10-14-23)29(35)31-16-15-27(33)34/h7-14,17,20,28,32H,2-6,15-16,18H2,1H3,(H,31,35)(H,33,34). The summed E-state index contributed by atoms with van der Waals surface area (Å²) in [6.45, 7) is 0.397. The van der Waals surface area contributed by atoms with E-state index in [0.717, 1.165) is 35.4 Å². The fraction of sp³-hybridized carbons (Fsp3) is 0.379. The smallest absolute Gasteiger partial charge is 0.305 e. The molecule has 1 aliphatic carbocycles. The molecule has 3 aromatic rings. The highest BCUT2D eigenvalue weighted by Crippen LogP contribution is 2.40. The van der Waals surface area contributed by atoms with E-state index in [2.05, 4.69) is 10.6 Å². The maximum absolute atomic E-state index is 13.5. The monoisotopic (exact) mass is 508 g/mol. The summed E-state index contributed by atoms with van der Waals surface area (Å²) in [6.07, 6.45) is 5.62. The van der Waals surface area contributed by atoms with E-state index < -0.39 is 5.97 Å². The van der Waals surface area contributed by atoms with Crippen molar-refractivity contribution in [1.29, 1.82) is 0 Å². The predicted octanol–water partition coefficient (Wildman–Crippen LogP) is 6.17. The quantitative estimate of drug-likeness (QED) is 0.286. The molecule has 1 atom stereocenters. The van der Waals surface area contributed by atoms with E-state index in [0.29, 0.717) is 23.8 Å². The fourth-order valence-electron chi connectivity index (χ4n) is 4.91. The van der Waals surface area contributed by atoms with Crippen LogP contribution in [0.2, 0.25) is 0 Å². The third-order valence-electron chi connectivity index (χ3n) is 6.80. The summed E-state index contributed by atoms with van der Waals surface area (Å²) < 4.78 is 25.1. The van der Waals surface area contributed by atoms with Crippen LogP contribution in [0.25, 0.3) is 11.3 Å². The van der Waals surface area contributed by atoms with Crippen LogP contribution in [0.1, 0.15) is 66.2 Å². The largest absolute Gasteiger partial charge is 0.481 e. The van der Waals surface area contributed by atoms with Crippen LogP contribution in [0.15, 0.2) is 59.0 Å². The van der Waals surface area contributed by atoms with Gasteiger partial charge in [0.1, 0.15) is 23.9 Å². The number of halogens is 1. The normalized spacial score (nSPS) is 14.8. The minimum absolute atomic E-state index is 0.0290. The van der Waals surface area contributed by atoms with E-state index in [4.69, 9.17) is 14.3 Å². The van der Waals surface area contributed by atoms with E-state index in [1.165, 1.54) is 31.4 Å². The van der Waals surface area contributed by atoms with E-state index in [9.17, 15) is 14.0 Å². The zero-order valence-corrected chi connectivity index (χ0v) is 21.0. The van der Waals surface area contributed by atoms with Gasteiger partial charge in [0.05, 0.1) is 12.5 Å². The molecule has 1 amide bonds. The Bertz CT molecular complexity index is 1180. The van der Waals surface area contributed by atoms with Gasteiger partial charge < -0.3 is 24.9 Å². The zero-order valence-electron chi connectivity index (χ0n) is 21.0. The van der Waals surface area contributed by atoms with E-state index >= 15 is 0 Å². The fourth-order valence-corrected chi connectivity index (χ4v) is 4.91. The van der Waals surface area contributed by atoms with Crippen LogP contribution in [-0.2, 0) is 16.1 Å².